The standard InChI is InChI=1S/C39H51N7O9/c1-21(2)18-30(43-38(53)33(23(5)55-26-12-8-7-9-13-26)44-37(52)32(22(3)4)41-24(6)47)36(51)42-29(19-25-16-17-40-34(25)49)31(48)20-46-39(54)28-15-11-10-14-27(28)35(50)45-46/h7-15,21-23,25,29-30,32-33H,16-20H2,1-6H3,(H,40,49)(H,41,47)(H,42,51)(H,43,53)(H,44,52)(H,45,50)/t23-,25+,29+,30+,32+,33+/m1/s1. The molecule has 1 aliphatic rings. The summed E-state index contributed by atoms with van der Waals surface area (Å²) >= 11 is 0. The maximum absolute atomic E-state index is 14.1. The molecule has 0 radical (unpaired) electrons. The van der Waals surface area contributed by atoms with Gasteiger partial charge < -0.3 is 31.3 Å². The first-order valence-corrected chi connectivity index (χ1v) is 18.5. The van der Waals surface area contributed by atoms with Gasteiger partial charge in [0.05, 0.1) is 16.8 Å². The lowest BCUT2D eigenvalue weighted by atomic mass is 9.94. The maximum Gasteiger partial charge on any atom is 0.273 e. The van der Waals surface area contributed by atoms with Gasteiger partial charge in [-0.3, -0.25) is 43.5 Å². The van der Waals surface area contributed by atoms with Crippen molar-refractivity contribution in [1.82, 2.24) is 36.4 Å². The summed E-state index contributed by atoms with van der Waals surface area (Å²) in [5.74, 6) is -4.18. The molecule has 1 saturated heterocycles. The zero-order valence-corrected chi connectivity index (χ0v) is 32.0. The van der Waals surface area contributed by atoms with Crippen LogP contribution in [0, 0.1) is 17.8 Å². The summed E-state index contributed by atoms with van der Waals surface area (Å²) in [7, 11) is 0. The van der Waals surface area contributed by atoms with E-state index in [4.69, 9.17) is 4.74 Å². The summed E-state index contributed by atoms with van der Waals surface area (Å²) in [6.45, 7) is 9.79. The number of amides is 5. The van der Waals surface area contributed by atoms with Gasteiger partial charge in [0.1, 0.15) is 36.5 Å². The molecule has 2 heterocycles. The number of hydrogen-bond acceptors (Lipinski definition) is 9. The van der Waals surface area contributed by atoms with Crippen molar-refractivity contribution in [2.45, 2.75) is 97.6 Å². The van der Waals surface area contributed by atoms with Crippen LogP contribution in [0.1, 0.15) is 60.8 Å². The highest BCUT2D eigenvalue weighted by molar-refractivity contribution is 5.96. The minimum Gasteiger partial charge on any atom is -0.488 e. The molecular weight excluding hydrogens is 710 g/mol. The Labute approximate surface area is 318 Å². The highest BCUT2D eigenvalue weighted by Gasteiger charge is 2.37. The first-order chi connectivity index (χ1) is 26.0. The van der Waals surface area contributed by atoms with Crippen LogP contribution in [0.2, 0.25) is 0 Å². The Kier molecular flexibility index (Phi) is 14.5. The number of para-hydroxylation sites is 1. The van der Waals surface area contributed by atoms with E-state index in [2.05, 4.69) is 31.7 Å². The number of carbonyl (C=O) groups excluding carboxylic acids is 6. The molecule has 3 aromatic rings. The van der Waals surface area contributed by atoms with E-state index in [1.54, 1.807) is 63.2 Å². The lowest BCUT2D eigenvalue weighted by Gasteiger charge is -2.30. The van der Waals surface area contributed by atoms with Gasteiger partial charge >= 0.3 is 0 Å². The van der Waals surface area contributed by atoms with Crippen LogP contribution in [0.15, 0.2) is 64.2 Å². The Morgan fingerprint density at radius 2 is 1.40 bits per heavy atom. The molecule has 6 atom stereocenters. The molecule has 16 nitrogen and oxygen atoms in total. The van der Waals surface area contributed by atoms with Crippen LogP contribution in [0.3, 0.4) is 0 Å². The van der Waals surface area contributed by atoms with E-state index >= 15 is 0 Å². The van der Waals surface area contributed by atoms with E-state index in [0.29, 0.717) is 18.7 Å². The predicted molar refractivity (Wildman–Crippen MR) is 204 cm³/mol. The molecule has 0 saturated carbocycles. The van der Waals surface area contributed by atoms with E-state index < -0.39 is 83.3 Å². The lowest BCUT2D eigenvalue weighted by molar-refractivity contribution is -0.136. The third kappa shape index (κ3) is 11.4. The van der Waals surface area contributed by atoms with Gasteiger partial charge in [0.25, 0.3) is 11.1 Å². The second-order valence-corrected chi connectivity index (χ2v) is 14.7. The molecule has 296 valence electrons. The van der Waals surface area contributed by atoms with E-state index in [1.165, 1.54) is 19.1 Å². The van der Waals surface area contributed by atoms with E-state index in [0.717, 1.165) is 4.68 Å². The molecule has 55 heavy (non-hydrogen) atoms. The molecule has 16 heteroatoms. The number of Topliss-reactive ketones (excluding diaryl/α,β-unsaturated/α-hetero) is 1. The fraction of sp³-hybridized carbons (Fsp3) is 0.487. The fourth-order valence-corrected chi connectivity index (χ4v) is 6.46. The van der Waals surface area contributed by atoms with Gasteiger partial charge in [-0.25, -0.2) is 4.68 Å². The quantitative estimate of drug-likeness (QED) is 0.108. The smallest absolute Gasteiger partial charge is 0.273 e. The molecule has 1 aromatic heterocycles. The molecule has 1 aliphatic heterocycles. The van der Waals surface area contributed by atoms with Crippen molar-refractivity contribution in [3.63, 3.8) is 0 Å². The van der Waals surface area contributed by atoms with Crippen LogP contribution in [-0.4, -0.2) is 81.9 Å². The highest BCUT2D eigenvalue weighted by atomic mass is 16.5. The Morgan fingerprint density at radius 3 is 2.00 bits per heavy atom. The Morgan fingerprint density at radius 1 is 0.782 bits per heavy atom. The number of H-pyrrole nitrogens is 1. The maximum atomic E-state index is 14.1. The van der Waals surface area contributed by atoms with Crippen molar-refractivity contribution < 1.29 is 33.5 Å². The summed E-state index contributed by atoms with van der Waals surface area (Å²) in [5, 5.41) is 16.2. The molecule has 0 aliphatic carbocycles. The van der Waals surface area contributed by atoms with E-state index in [-0.39, 0.29) is 41.4 Å². The summed E-state index contributed by atoms with van der Waals surface area (Å²) < 4.78 is 6.90. The number of nitrogens with zero attached hydrogens (tertiary/aromatic N) is 1. The zero-order chi connectivity index (χ0) is 40.4. The normalized spacial score (nSPS) is 16.7. The van der Waals surface area contributed by atoms with Crippen molar-refractivity contribution in [2.24, 2.45) is 17.8 Å². The minimum atomic E-state index is -1.35. The molecule has 4 rings (SSSR count). The van der Waals surface area contributed by atoms with Gasteiger partial charge in [-0.1, -0.05) is 58.0 Å². The average Bonchev–Trinajstić information content (AvgIpc) is 3.54. The van der Waals surface area contributed by atoms with Crippen LogP contribution in [0.25, 0.3) is 10.8 Å². The molecule has 0 unspecified atom stereocenters. The largest absolute Gasteiger partial charge is 0.488 e. The van der Waals surface area contributed by atoms with E-state index in [1.807, 2.05) is 13.8 Å². The molecule has 0 bridgehead atoms. The van der Waals surface area contributed by atoms with Crippen molar-refractivity contribution in [1.29, 1.82) is 0 Å². The van der Waals surface area contributed by atoms with Gasteiger partial charge in [0.2, 0.25) is 29.5 Å². The van der Waals surface area contributed by atoms with Crippen LogP contribution in [0.4, 0.5) is 0 Å². The SMILES string of the molecule is CC(=O)N[C@H](C(=O)N[C@H](C(=O)N[C@@H](CC(C)C)C(=O)N[C@@H](C[C@@H]1CCNC1=O)C(=O)Cn1[nH]c(=O)c2ccccc2c1=O)[C@@H](C)Oc1ccccc1)C(C)C. The molecule has 1 fully saturated rings. The van der Waals surface area contributed by atoms with Crippen LogP contribution >= 0.6 is 0 Å². The Hall–Kier alpha value is -5.80. The number of benzene rings is 2. The second kappa shape index (κ2) is 19.0. The van der Waals surface area contributed by atoms with Gasteiger partial charge in [-0.15, -0.1) is 0 Å². The molecule has 2 aromatic carbocycles. The average molecular weight is 762 g/mol. The molecule has 0 spiro atoms. The van der Waals surface area contributed by atoms with Crippen LogP contribution in [0.5, 0.6) is 5.75 Å². The second-order valence-electron chi connectivity index (χ2n) is 14.7. The number of hydrogen-bond donors (Lipinski definition) is 6. The summed E-state index contributed by atoms with van der Waals surface area (Å²) in [6, 6.07) is 9.97. The number of carbonyl (C=O) groups is 6. The summed E-state index contributed by atoms with van der Waals surface area (Å²) in [5.41, 5.74) is -1.20. The van der Waals surface area contributed by atoms with E-state index in [9.17, 15) is 38.4 Å². The third-order valence-electron chi connectivity index (χ3n) is 9.35. The van der Waals surface area contributed by atoms with Crippen LogP contribution < -0.4 is 42.4 Å². The van der Waals surface area contributed by atoms with Crippen molar-refractivity contribution in [2.75, 3.05) is 6.54 Å². The Balaban J connectivity index is 1.61. The number of aromatic amines is 1. The van der Waals surface area contributed by atoms with Gasteiger partial charge in [0.15, 0.2) is 5.78 Å². The summed E-state index contributed by atoms with van der Waals surface area (Å²) in [6.07, 6.45) is -0.522. The topological polar surface area (TPSA) is 227 Å². The number of ether oxygens (including phenoxy) is 1. The van der Waals surface area contributed by atoms with Gasteiger partial charge in [0, 0.05) is 19.4 Å². The number of fused-ring (bicyclic) bond motifs is 1. The first kappa shape index (κ1) is 41.9. The number of ketones is 1. The monoisotopic (exact) mass is 761 g/mol. The number of nitrogens with one attached hydrogen (secondary N) is 6. The fourth-order valence-electron chi connectivity index (χ4n) is 6.46. The predicted octanol–water partition coefficient (Wildman–Crippen LogP) is 0.914. The lowest BCUT2D eigenvalue weighted by Crippen LogP contribution is -2.61. The number of aromatic nitrogens is 2. The van der Waals surface area contributed by atoms with Crippen molar-refractivity contribution in [3.05, 3.63) is 75.3 Å². The van der Waals surface area contributed by atoms with Gasteiger partial charge in [-0.2, -0.15) is 0 Å². The number of rotatable bonds is 18. The Bertz CT molecular complexity index is 1990. The zero-order valence-electron chi connectivity index (χ0n) is 32.0. The molecular formula is C39H51N7O9. The molecule has 5 amide bonds. The van der Waals surface area contributed by atoms with Crippen LogP contribution in [-0.2, 0) is 35.3 Å². The van der Waals surface area contributed by atoms with Crippen molar-refractivity contribution in [3.8, 4) is 5.75 Å². The van der Waals surface area contributed by atoms with Crippen molar-refractivity contribution >= 4 is 46.1 Å². The minimum absolute atomic E-state index is 0.0916. The summed E-state index contributed by atoms with van der Waals surface area (Å²) in [4.78, 5) is 106. The highest BCUT2D eigenvalue weighted by Crippen LogP contribution is 2.19. The third-order valence-corrected chi connectivity index (χ3v) is 9.35. The first-order valence-electron chi connectivity index (χ1n) is 18.5. The molecule has 6 N–H and O–H groups in total. The van der Waals surface area contributed by atoms with Gasteiger partial charge in [-0.05, 0) is 62.3 Å².